The summed E-state index contributed by atoms with van der Waals surface area (Å²) in [6, 6.07) is 13.5. The molecule has 1 N–H and O–H groups in total. The third-order valence-corrected chi connectivity index (χ3v) is 3.82. The van der Waals surface area contributed by atoms with Gasteiger partial charge in [-0.05, 0) is 68.1 Å². The summed E-state index contributed by atoms with van der Waals surface area (Å²) in [4.78, 5) is 12.2. The molecule has 0 fully saturated rings. The van der Waals surface area contributed by atoms with E-state index in [2.05, 4.69) is 17.4 Å². The summed E-state index contributed by atoms with van der Waals surface area (Å²) in [5.74, 6) is 1.64. The maximum atomic E-state index is 12.2. The van der Waals surface area contributed by atoms with E-state index in [-0.39, 0.29) is 5.91 Å². The molecule has 4 nitrogen and oxygen atoms in total. The summed E-state index contributed by atoms with van der Waals surface area (Å²) in [5, 5.41) is 2.97. The van der Waals surface area contributed by atoms with Crippen molar-refractivity contribution in [2.45, 2.75) is 26.7 Å². The van der Waals surface area contributed by atoms with Crippen LogP contribution in [0.25, 0.3) is 0 Å². The van der Waals surface area contributed by atoms with Gasteiger partial charge in [-0.15, -0.1) is 0 Å². The first kappa shape index (κ1) is 17.9. The Labute approximate surface area is 143 Å². The largest absolute Gasteiger partial charge is 0.497 e. The van der Waals surface area contributed by atoms with E-state index in [4.69, 9.17) is 9.47 Å². The van der Waals surface area contributed by atoms with Crippen LogP contribution >= 0.6 is 0 Å². The number of benzene rings is 2. The molecule has 0 bridgehead atoms. The molecular weight excluding hydrogens is 302 g/mol. The van der Waals surface area contributed by atoms with Crippen molar-refractivity contribution in [1.29, 1.82) is 0 Å². The van der Waals surface area contributed by atoms with Gasteiger partial charge in [0.25, 0.3) is 5.91 Å². The minimum atomic E-state index is -0.0455. The highest BCUT2D eigenvalue weighted by atomic mass is 16.5. The summed E-state index contributed by atoms with van der Waals surface area (Å²) < 4.78 is 10.6. The molecule has 2 aromatic carbocycles. The van der Waals surface area contributed by atoms with Crippen LogP contribution in [0.2, 0.25) is 0 Å². The van der Waals surface area contributed by atoms with Crippen LogP contribution in [-0.2, 0) is 6.42 Å². The first-order valence-corrected chi connectivity index (χ1v) is 8.28. The Morgan fingerprint density at radius 2 is 1.88 bits per heavy atom. The third kappa shape index (κ3) is 5.01. The zero-order valence-electron chi connectivity index (χ0n) is 14.6. The van der Waals surface area contributed by atoms with Crippen LogP contribution in [-0.4, -0.2) is 26.2 Å². The zero-order valence-corrected chi connectivity index (χ0v) is 14.6. The van der Waals surface area contributed by atoms with Crippen molar-refractivity contribution in [1.82, 2.24) is 5.32 Å². The molecule has 1 amide bonds. The van der Waals surface area contributed by atoms with Crippen LogP contribution in [0.4, 0.5) is 0 Å². The predicted octanol–water partition coefficient (Wildman–Crippen LogP) is 3.76. The zero-order chi connectivity index (χ0) is 17.4. The van der Waals surface area contributed by atoms with Crippen molar-refractivity contribution >= 4 is 5.91 Å². The number of ether oxygens (including phenoxy) is 2. The average molecular weight is 327 g/mol. The normalized spacial score (nSPS) is 10.3. The molecule has 0 aliphatic carbocycles. The van der Waals surface area contributed by atoms with Gasteiger partial charge in [0.05, 0.1) is 13.7 Å². The predicted molar refractivity (Wildman–Crippen MR) is 96.0 cm³/mol. The van der Waals surface area contributed by atoms with Gasteiger partial charge in [-0.2, -0.15) is 0 Å². The SMILES string of the molecule is CCOc1ccc(C(=O)NCCCc2ccc(OC)cc2)cc1C. The van der Waals surface area contributed by atoms with Gasteiger partial charge in [0, 0.05) is 12.1 Å². The van der Waals surface area contributed by atoms with Crippen molar-refractivity contribution in [3.63, 3.8) is 0 Å². The molecule has 0 saturated heterocycles. The summed E-state index contributed by atoms with van der Waals surface area (Å²) >= 11 is 0. The first-order chi connectivity index (χ1) is 11.6. The molecule has 0 saturated carbocycles. The molecule has 128 valence electrons. The number of amides is 1. The minimum Gasteiger partial charge on any atom is -0.497 e. The van der Waals surface area contributed by atoms with Gasteiger partial charge in [-0.25, -0.2) is 0 Å². The summed E-state index contributed by atoms with van der Waals surface area (Å²) in [5.41, 5.74) is 2.88. The third-order valence-electron chi connectivity index (χ3n) is 3.82. The molecule has 0 spiro atoms. The number of hydrogen-bond donors (Lipinski definition) is 1. The molecule has 0 aromatic heterocycles. The number of methoxy groups -OCH3 is 1. The Morgan fingerprint density at radius 1 is 1.12 bits per heavy atom. The molecule has 2 rings (SSSR count). The molecule has 0 atom stereocenters. The average Bonchev–Trinajstić information content (AvgIpc) is 2.61. The van der Waals surface area contributed by atoms with Crippen LogP contribution in [0.3, 0.4) is 0 Å². The minimum absolute atomic E-state index is 0.0455. The van der Waals surface area contributed by atoms with E-state index in [0.717, 1.165) is 29.9 Å². The van der Waals surface area contributed by atoms with Crippen LogP contribution in [0.5, 0.6) is 11.5 Å². The van der Waals surface area contributed by atoms with Crippen molar-refractivity contribution in [3.8, 4) is 11.5 Å². The van der Waals surface area contributed by atoms with E-state index in [1.165, 1.54) is 5.56 Å². The molecule has 0 unspecified atom stereocenters. The molecule has 0 radical (unpaired) electrons. The molecule has 0 aliphatic heterocycles. The molecular formula is C20H25NO3. The Bertz CT molecular complexity index is 665. The lowest BCUT2D eigenvalue weighted by molar-refractivity contribution is 0.0953. The van der Waals surface area contributed by atoms with Crippen LogP contribution in [0.1, 0.15) is 34.8 Å². The van der Waals surface area contributed by atoms with Gasteiger partial charge in [-0.3, -0.25) is 4.79 Å². The van der Waals surface area contributed by atoms with E-state index in [0.29, 0.717) is 18.7 Å². The highest BCUT2D eigenvalue weighted by Crippen LogP contribution is 2.19. The lowest BCUT2D eigenvalue weighted by atomic mass is 10.1. The number of nitrogens with one attached hydrogen (secondary N) is 1. The van der Waals surface area contributed by atoms with Gasteiger partial charge in [0.1, 0.15) is 11.5 Å². The maximum absolute atomic E-state index is 12.2. The van der Waals surface area contributed by atoms with Gasteiger partial charge >= 0.3 is 0 Å². The van der Waals surface area contributed by atoms with E-state index in [9.17, 15) is 4.79 Å². The Kier molecular flexibility index (Phi) is 6.67. The summed E-state index contributed by atoms with van der Waals surface area (Å²) in [6.07, 6.45) is 1.82. The number of aryl methyl sites for hydroxylation is 2. The molecule has 0 heterocycles. The summed E-state index contributed by atoms with van der Waals surface area (Å²) in [7, 11) is 1.66. The second-order valence-electron chi connectivity index (χ2n) is 5.62. The Hall–Kier alpha value is -2.49. The van der Waals surface area contributed by atoms with Gasteiger partial charge in [0.15, 0.2) is 0 Å². The van der Waals surface area contributed by atoms with Crippen LogP contribution < -0.4 is 14.8 Å². The van der Waals surface area contributed by atoms with E-state index >= 15 is 0 Å². The number of rotatable bonds is 8. The van der Waals surface area contributed by atoms with Crippen molar-refractivity contribution < 1.29 is 14.3 Å². The van der Waals surface area contributed by atoms with Crippen molar-refractivity contribution in [2.24, 2.45) is 0 Å². The number of carbonyl (C=O) groups excluding carboxylic acids is 1. The highest BCUT2D eigenvalue weighted by molar-refractivity contribution is 5.94. The molecule has 0 aliphatic rings. The lowest BCUT2D eigenvalue weighted by Gasteiger charge is -2.10. The number of carbonyl (C=O) groups is 1. The second kappa shape index (κ2) is 8.96. The first-order valence-electron chi connectivity index (χ1n) is 8.28. The monoisotopic (exact) mass is 327 g/mol. The quantitative estimate of drug-likeness (QED) is 0.751. The fourth-order valence-corrected chi connectivity index (χ4v) is 2.50. The van der Waals surface area contributed by atoms with Gasteiger partial charge < -0.3 is 14.8 Å². The maximum Gasteiger partial charge on any atom is 0.251 e. The molecule has 2 aromatic rings. The fraction of sp³-hybridized carbons (Fsp3) is 0.350. The van der Waals surface area contributed by atoms with E-state index in [1.54, 1.807) is 13.2 Å². The van der Waals surface area contributed by atoms with Gasteiger partial charge in [-0.1, -0.05) is 12.1 Å². The molecule has 24 heavy (non-hydrogen) atoms. The van der Waals surface area contributed by atoms with E-state index in [1.807, 2.05) is 38.1 Å². The van der Waals surface area contributed by atoms with Crippen LogP contribution in [0.15, 0.2) is 42.5 Å². The van der Waals surface area contributed by atoms with Gasteiger partial charge in [0.2, 0.25) is 0 Å². The van der Waals surface area contributed by atoms with Crippen molar-refractivity contribution in [3.05, 3.63) is 59.2 Å². The van der Waals surface area contributed by atoms with Crippen LogP contribution in [0, 0.1) is 6.92 Å². The van der Waals surface area contributed by atoms with Crippen molar-refractivity contribution in [2.75, 3.05) is 20.3 Å². The highest BCUT2D eigenvalue weighted by Gasteiger charge is 2.07. The fourth-order valence-electron chi connectivity index (χ4n) is 2.50. The smallest absolute Gasteiger partial charge is 0.251 e. The molecule has 4 heteroatoms. The number of hydrogen-bond acceptors (Lipinski definition) is 3. The standard InChI is InChI=1S/C20H25NO3/c1-4-24-19-12-9-17(14-15(19)2)20(22)21-13-5-6-16-7-10-18(23-3)11-8-16/h7-12,14H,4-6,13H2,1-3H3,(H,21,22). The Balaban J connectivity index is 1.79. The van der Waals surface area contributed by atoms with E-state index < -0.39 is 0 Å². The Morgan fingerprint density at radius 3 is 2.50 bits per heavy atom. The topological polar surface area (TPSA) is 47.6 Å². The second-order valence-corrected chi connectivity index (χ2v) is 5.62. The lowest BCUT2D eigenvalue weighted by Crippen LogP contribution is -2.24. The summed E-state index contributed by atoms with van der Waals surface area (Å²) in [6.45, 7) is 5.17.